The minimum atomic E-state index is -0.949. The van der Waals surface area contributed by atoms with Crippen LogP contribution < -0.4 is 11.1 Å². The molecule has 0 aliphatic heterocycles. The van der Waals surface area contributed by atoms with Gasteiger partial charge in [0.05, 0.1) is 12.6 Å². The number of ether oxygens (including phenoxy) is 1. The third kappa shape index (κ3) is 4.73. The normalized spacial score (nSPS) is 16.2. The Hall–Kier alpha value is -1.10. The number of hydrogen-bond donors (Lipinski definition) is 2. The van der Waals surface area contributed by atoms with Crippen molar-refractivity contribution in [3.63, 3.8) is 0 Å². The van der Waals surface area contributed by atoms with Crippen LogP contribution in [0.1, 0.15) is 40.5 Å². The van der Waals surface area contributed by atoms with Crippen molar-refractivity contribution in [3.8, 4) is 0 Å². The summed E-state index contributed by atoms with van der Waals surface area (Å²) < 4.78 is 4.65. The highest BCUT2D eigenvalue weighted by Gasteiger charge is 2.32. The van der Waals surface area contributed by atoms with Gasteiger partial charge < -0.3 is 15.8 Å². The van der Waals surface area contributed by atoms with E-state index in [0.717, 1.165) is 6.42 Å². The standard InChI is InChI=1S/C12H24N2O3/c1-6-7-12(4,13)11(16)14-9(8(2)3)10(15)17-5/h8-9H,6-7,13H2,1-5H3,(H,14,16)/t9-,12?/m0/s1. The highest BCUT2D eigenvalue weighted by atomic mass is 16.5. The molecule has 5 heteroatoms. The predicted molar refractivity (Wildman–Crippen MR) is 66.3 cm³/mol. The van der Waals surface area contributed by atoms with Crippen molar-refractivity contribution in [2.45, 2.75) is 52.1 Å². The van der Waals surface area contributed by atoms with Crippen molar-refractivity contribution in [2.24, 2.45) is 11.7 Å². The van der Waals surface area contributed by atoms with Crippen LogP contribution in [0.5, 0.6) is 0 Å². The Morgan fingerprint density at radius 3 is 2.29 bits per heavy atom. The van der Waals surface area contributed by atoms with Gasteiger partial charge in [-0.1, -0.05) is 27.2 Å². The molecule has 2 atom stereocenters. The Morgan fingerprint density at radius 2 is 1.94 bits per heavy atom. The van der Waals surface area contributed by atoms with Crippen LogP contribution in [0, 0.1) is 5.92 Å². The van der Waals surface area contributed by atoms with Crippen LogP contribution >= 0.6 is 0 Å². The van der Waals surface area contributed by atoms with Gasteiger partial charge in [-0.25, -0.2) is 4.79 Å². The Morgan fingerprint density at radius 1 is 1.41 bits per heavy atom. The number of carbonyl (C=O) groups is 2. The molecule has 0 aromatic heterocycles. The van der Waals surface area contributed by atoms with E-state index in [1.165, 1.54) is 7.11 Å². The predicted octanol–water partition coefficient (Wildman–Crippen LogP) is 0.818. The lowest BCUT2D eigenvalue weighted by Crippen LogP contribution is -2.57. The summed E-state index contributed by atoms with van der Waals surface area (Å²) in [5.74, 6) is -0.798. The van der Waals surface area contributed by atoms with Gasteiger partial charge in [-0.2, -0.15) is 0 Å². The zero-order valence-electron chi connectivity index (χ0n) is 11.4. The van der Waals surface area contributed by atoms with Crippen LogP contribution in [0.3, 0.4) is 0 Å². The quantitative estimate of drug-likeness (QED) is 0.678. The molecule has 0 aromatic carbocycles. The summed E-state index contributed by atoms with van der Waals surface area (Å²) in [4.78, 5) is 23.4. The van der Waals surface area contributed by atoms with Gasteiger partial charge in [0.25, 0.3) is 0 Å². The molecular weight excluding hydrogens is 220 g/mol. The third-order valence-corrected chi connectivity index (χ3v) is 2.70. The fourth-order valence-electron chi connectivity index (χ4n) is 1.56. The van der Waals surface area contributed by atoms with E-state index in [9.17, 15) is 9.59 Å². The van der Waals surface area contributed by atoms with E-state index in [2.05, 4.69) is 10.1 Å². The maximum atomic E-state index is 11.9. The van der Waals surface area contributed by atoms with E-state index in [0.29, 0.717) is 6.42 Å². The van der Waals surface area contributed by atoms with E-state index in [1.54, 1.807) is 6.92 Å². The monoisotopic (exact) mass is 244 g/mol. The van der Waals surface area contributed by atoms with Crippen LogP contribution in [0.2, 0.25) is 0 Å². The molecule has 0 fully saturated rings. The molecule has 0 spiro atoms. The number of rotatable bonds is 6. The highest BCUT2D eigenvalue weighted by molar-refractivity contribution is 5.90. The summed E-state index contributed by atoms with van der Waals surface area (Å²) in [7, 11) is 1.30. The molecule has 0 saturated carbocycles. The maximum Gasteiger partial charge on any atom is 0.328 e. The number of methoxy groups -OCH3 is 1. The molecule has 0 aliphatic carbocycles. The molecule has 1 unspecified atom stereocenters. The number of carbonyl (C=O) groups excluding carboxylic acids is 2. The van der Waals surface area contributed by atoms with Crippen molar-refractivity contribution in [3.05, 3.63) is 0 Å². The molecule has 1 amide bonds. The minimum absolute atomic E-state index is 0.0381. The second-order valence-corrected chi connectivity index (χ2v) is 4.89. The first kappa shape index (κ1) is 15.9. The Bertz CT molecular complexity index is 275. The molecule has 0 rings (SSSR count). The smallest absolute Gasteiger partial charge is 0.328 e. The number of amides is 1. The molecule has 0 radical (unpaired) electrons. The summed E-state index contributed by atoms with van der Waals surface area (Å²) in [6, 6.07) is -0.646. The molecule has 3 N–H and O–H groups in total. The summed E-state index contributed by atoms with van der Waals surface area (Å²) in [6.45, 7) is 7.31. The number of nitrogens with one attached hydrogen (secondary N) is 1. The van der Waals surface area contributed by atoms with Crippen LogP contribution in [0.15, 0.2) is 0 Å². The molecule has 0 saturated heterocycles. The average Bonchev–Trinajstić information content (AvgIpc) is 2.23. The first-order chi connectivity index (χ1) is 7.76. The van der Waals surface area contributed by atoms with Crippen LogP contribution in [-0.4, -0.2) is 30.6 Å². The second-order valence-electron chi connectivity index (χ2n) is 4.89. The van der Waals surface area contributed by atoms with Gasteiger partial charge in [-0.05, 0) is 19.3 Å². The van der Waals surface area contributed by atoms with Gasteiger partial charge in [0.1, 0.15) is 6.04 Å². The molecule has 5 nitrogen and oxygen atoms in total. The van der Waals surface area contributed by atoms with Crippen LogP contribution in [-0.2, 0) is 14.3 Å². The highest BCUT2D eigenvalue weighted by Crippen LogP contribution is 2.11. The Balaban J connectivity index is 4.67. The molecule has 0 aliphatic rings. The third-order valence-electron chi connectivity index (χ3n) is 2.70. The minimum Gasteiger partial charge on any atom is -0.467 e. The fourth-order valence-corrected chi connectivity index (χ4v) is 1.56. The van der Waals surface area contributed by atoms with Crippen LogP contribution in [0.4, 0.5) is 0 Å². The van der Waals surface area contributed by atoms with Gasteiger partial charge >= 0.3 is 5.97 Å². The van der Waals surface area contributed by atoms with E-state index < -0.39 is 17.6 Å². The summed E-state index contributed by atoms with van der Waals surface area (Å²) in [6.07, 6.45) is 1.38. The fraction of sp³-hybridized carbons (Fsp3) is 0.833. The van der Waals surface area contributed by atoms with Gasteiger partial charge in [-0.15, -0.1) is 0 Å². The van der Waals surface area contributed by atoms with E-state index in [-0.39, 0.29) is 11.8 Å². The van der Waals surface area contributed by atoms with E-state index in [1.807, 2.05) is 20.8 Å². The largest absolute Gasteiger partial charge is 0.467 e. The van der Waals surface area contributed by atoms with E-state index in [4.69, 9.17) is 5.73 Å². The number of hydrogen-bond acceptors (Lipinski definition) is 4. The Kier molecular flexibility index (Phi) is 6.16. The topological polar surface area (TPSA) is 81.4 Å². The van der Waals surface area contributed by atoms with Gasteiger partial charge in [-0.3, -0.25) is 4.79 Å². The summed E-state index contributed by atoms with van der Waals surface area (Å²) in [5, 5.41) is 2.65. The molecule has 0 heterocycles. The van der Waals surface area contributed by atoms with Crippen molar-refractivity contribution in [1.82, 2.24) is 5.32 Å². The number of esters is 1. The second kappa shape index (κ2) is 6.59. The van der Waals surface area contributed by atoms with Gasteiger partial charge in [0, 0.05) is 0 Å². The maximum absolute atomic E-state index is 11.9. The molecule has 17 heavy (non-hydrogen) atoms. The van der Waals surface area contributed by atoms with Crippen molar-refractivity contribution in [2.75, 3.05) is 7.11 Å². The molecule has 0 bridgehead atoms. The number of nitrogens with two attached hydrogens (primary N) is 1. The molecule has 0 aromatic rings. The van der Waals surface area contributed by atoms with E-state index >= 15 is 0 Å². The summed E-state index contributed by atoms with van der Waals surface area (Å²) >= 11 is 0. The average molecular weight is 244 g/mol. The van der Waals surface area contributed by atoms with Crippen molar-refractivity contribution < 1.29 is 14.3 Å². The lowest BCUT2D eigenvalue weighted by atomic mass is 9.95. The lowest BCUT2D eigenvalue weighted by molar-refractivity contribution is -0.147. The first-order valence-corrected chi connectivity index (χ1v) is 5.94. The zero-order chi connectivity index (χ0) is 13.6. The van der Waals surface area contributed by atoms with Crippen molar-refractivity contribution in [1.29, 1.82) is 0 Å². The zero-order valence-corrected chi connectivity index (χ0v) is 11.4. The summed E-state index contributed by atoms with van der Waals surface area (Å²) in [5.41, 5.74) is 4.95. The molecular formula is C12H24N2O3. The first-order valence-electron chi connectivity index (χ1n) is 5.94. The van der Waals surface area contributed by atoms with Crippen LogP contribution in [0.25, 0.3) is 0 Å². The molecule has 100 valence electrons. The van der Waals surface area contributed by atoms with Gasteiger partial charge in [0.2, 0.25) is 5.91 Å². The SMILES string of the molecule is CCCC(C)(N)C(=O)N[C@H](C(=O)OC)C(C)C. The van der Waals surface area contributed by atoms with Crippen molar-refractivity contribution >= 4 is 11.9 Å². The Labute approximate surface area is 103 Å². The lowest BCUT2D eigenvalue weighted by Gasteiger charge is -2.27. The van der Waals surface area contributed by atoms with Gasteiger partial charge in [0.15, 0.2) is 0 Å².